The Hall–Kier alpha value is -1.59. The van der Waals surface area contributed by atoms with Crippen molar-refractivity contribution in [1.29, 1.82) is 0 Å². The second-order valence-corrected chi connectivity index (χ2v) is 7.23. The Balaban J connectivity index is 1.52. The van der Waals surface area contributed by atoms with E-state index >= 15 is 0 Å². The number of β-amino-alcohol motifs (C(OH)–C–C–N with tert-alkyl or cyclic N) is 1. The Morgan fingerprint density at radius 2 is 2.04 bits per heavy atom. The molecule has 5 nitrogen and oxygen atoms in total. The van der Waals surface area contributed by atoms with E-state index in [2.05, 4.69) is 4.90 Å². The summed E-state index contributed by atoms with van der Waals surface area (Å²) in [6, 6.07) is 7.70. The molecule has 5 heteroatoms. The molecule has 132 valence electrons. The lowest BCUT2D eigenvalue weighted by Gasteiger charge is -2.41. The first kappa shape index (κ1) is 17.2. The zero-order chi connectivity index (χ0) is 17.0. The predicted octanol–water partition coefficient (Wildman–Crippen LogP) is 1.82. The summed E-state index contributed by atoms with van der Waals surface area (Å²) in [6.07, 6.45) is 4.04. The number of carbonyl (C=O) groups is 1. The number of piperidine rings is 1. The number of ether oxygens (including phenoxy) is 1. The van der Waals surface area contributed by atoms with E-state index < -0.39 is 5.60 Å². The van der Waals surface area contributed by atoms with Crippen LogP contribution in [0.2, 0.25) is 0 Å². The first-order valence-corrected chi connectivity index (χ1v) is 8.96. The minimum atomic E-state index is -0.776. The largest absolute Gasteiger partial charge is 0.484 e. The van der Waals surface area contributed by atoms with Crippen molar-refractivity contribution >= 4 is 5.91 Å². The Morgan fingerprint density at radius 1 is 1.25 bits per heavy atom. The summed E-state index contributed by atoms with van der Waals surface area (Å²) in [5.74, 6) is 0.670. The van der Waals surface area contributed by atoms with Crippen molar-refractivity contribution in [1.82, 2.24) is 9.80 Å². The van der Waals surface area contributed by atoms with Crippen molar-refractivity contribution in [3.8, 4) is 5.75 Å². The third-order valence-corrected chi connectivity index (χ3v) is 4.98. The predicted molar refractivity (Wildman–Crippen MR) is 93.1 cm³/mol. The molecule has 1 unspecified atom stereocenters. The van der Waals surface area contributed by atoms with Gasteiger partial charge in [-0.25, -0.2) is 0 Å². The van der Waals surface area contributed by atoms with Crippen LogP contribution in [0, 0.1) is 6.92 Å². The average Bonchev–Trinajstić information content (AvgIpc) is 3.05. The minimum absolute atomic E-state index is 0.0310. The zero-order valence-electron chi connectivity index (χ0n) is 14.5. The van der Waals surface area contributed by atoms with Crippen LogP contribution in [-0.2, 0) is 4.79 Å². The molecular weight excluding hydrogens is 304 g/mol. The molecule has 0 aromatic heterocycles. The van der Waals surface area contributed by atoms with Crippen LogP contribution >= 0.6 is 0 Å². The van der Waals surface area contributed by atoms with Crippen LogP contribution in [-0.4, -0.2) is 65.7 Å². The summed E-state index contributed by atoms with van der Waals surface area (Å²) in [4.78, 5) is 16.5. The second-order valence-electron chi connectivity index (χ2n) is 7.23. The fourth-order valence-electron chi connectivity index (χ4n) is 3.75. The van der Waals surface area contributed by atoms with E-state index in [9.17, 15) is 9.90 Å². The SMILES string of the molecule is Cc1cccc(OCC(=O)N2CCCC(O)(CN3CCCC3)C2)c1. The number of aliphatic hydroxyl groups is 1. The molecule has 2 heterocycles. The van der Waals surface area contributed by atoms with Gasteiger partial charge in [-0.1, -0.05) is 12.1 Å². The second kappa shape index (κ2) is 7.53. The van der Waals surface area contributed by atoms with Crippen LogP contribution in [0.1, 0.15) is 31.2 Å². The summed E-state index contributed by atoms with van der Waals surface area (Å²) in [5, 5.41) is 10.9. The minimum Gasteiger partial charge on any atom is -0.484 e. The van der Waals surface area contributed by atoms with Gasteiger partial charge in [0.25, 0.3) is 5.91 Å². The van der Waals surface area contributed by atoms with Gasteiger partial charge in [0.15, 0.2) is 6.61 Å². The molecule has 0 saturated carbocycles. The molecule has 2 aliphatic heterocycles. The molecule has 2 aliphatic rings. The smallest absolute Gasteiger partial charge is 0.260 e. The van der Waals surface area contributed by atoms with Crippen molar-refractivity contribution in [3.63, 3.8) is 0 Å². The highest BCUT2D eigenvalue weighted by atomic mass is 16.5. The highest BCUT2D eigenvalue weighted by molar-refractivity contribution is 5.78. The average molecular weight is 332 g/mol. The maximum Gasteiger partial charge on any atom is 0.260 e. The molecule has 2 fully saturated rings. The topological polar surface area (TPSA) is 53.0 Å². The molecule has 0 spiro atoms. The summed E-state index contributed by atoms with van der Waals surface area (Å²) >= 11 is 0. The van der Waals surface area contributed by atoms with Crippen LogP contribution in [0.4, 0.5) is 0 Å². The van der Waals surface area contributed by atoms with E-state index in [4.69, 9.17) is 4.74 Å². The van der Waals surface area contributed by atoms with Gasteiger partial charge in [0.1, 0.15) is 5.75 Å². The molecule has 1 N–H and O–H groups in total. The van der Waals surface area contributed by atoms with Gasteiger partial charge in [0.05, 0.1) is 12.1 Å². The van der Waals surface area contributed by atoms with Gasteiger partial charge in [-0.3, -0.25) is 4.79 Å². The van der Waals surface area contributed by atoms with Gasteiger partial charge in [-0.2, -0.15) is 0 Å². The van der Waals surface area contributed by atoms with E-state index in [1.807, 2.05) is 31.2 Å². The van der Waals surface area contributed by atoms with E-state index in [0.29, 0.717) is 25.4 Å². The highest BCUT2D eigenvalue weighted by Gasteiger charge is 2.37. The first-order chi connectivity index (χ1) is 11.5. The van der Waals surface area contributed by atoms with Crippen LogP contribution in [0.5, 0.6) is 5.75 Å². The van der Waals surface area contributed by atoms with Crippen molar-refractivity contribution < 1.29 is 14.6 Å². The maximum atomic E-state index is 12.5. The van der Waals surface area contributed by atoms with Gasteiger partial charge >= 0.3 is 0 Å². The highest BCUT2D eigenvalue weighted by Crippen LogP contribution is 2.24. The summed E-state index contributed by atoms with van der Waals surface area (Å²) < 4.78 is 5.62. The number of likely N-dealkylation sites (tertiary alicyclic amines) is 2. The quantitative estimate of drug-likeness (QED) is 0.894. The van der Waals surface area contributed by atoms with Crippen LogP contribution in [0.3, 0.4) is 0 Å². The molecule has 24 heavy (non-hydrogen) atoms. The Labute approximate surface area is 144 Å². The molecular formula is C19H28N2O3. The summed E-state index contributed by atoms with van der Waals surface area (Å²) in [6.45, 7) is 5.95. The fourth-order valence-corrected chi connectivity index (χ4v) is 3.75. The number of carbonyl (C=O) groups excluding carboxylic acids is 1. The van der Waals surface area contributed by atoms with Crippen molar-refractivity contribution in [2.24, 2.45) is 0 Å². The molecule has 3 rings (SSSR count). The number of rotatable bonds is 5. The summed E-state index contributed by atoms with van der Waals surface area (Å²) in [5.41, 5.74) is 0.333. The molecule has 0 radical (unpaired) electrons. The van der Waals surface area contributed by atoms with Crippen molar-refractivity contribution in [2.45, 2.75) is 38.2 Å². The van der Waals surface area contributed by atoms with E-state index in [1.54, 1.807) is 4.90 Å². The molecule has 1 amide bonds. The van der Waals surface area contributed by atoms with E-state index in [0.717, 1.165) is 31.5 Å². The number of benzene rings is 1. The fraction of sp³-hybridized carbons (Fsp3) is 0.632. The third kappa shape index (κ3) is 4.48. The number of nitrogens with zero attached hydrogens (tertiary/aromatic N) is 2. The number of hydrogen-bond acceptors (Lipinski definition) is 4. The van der Waals surface area contributed by atoms with Gasteiger partial charge in [-0.05, 0) is 63.4 Å². The Bertz CT molecular complexity index is 571. The third-order valence-electron chi connectivity index (χ3n) is 4.98. The van der Waals surface area contributed by atoms with Gasteiger partial charge < -0.3 is 19.6 Å². The Morgan fingerprint density at radius 3 is 2.79 bits per heavy atom. The van der Waals surface area contributed by atoms with Gasteiger partial charge in [0, 0.05) is 13.1 Å². The molecule has 0 bridgehead atoms. The van der Waals surface area contributed by atoms with Crippen molar-refractivity contribution in [2.75, 3.05) is 39.3 Å². The van der Waals surface area contributed by atoms with Crippen LogP contribution < -0.4 is 4.74 Å². The van der Waals surface area contributed by atoms with Gasteiger partial charge in [-0.15, -0.1) is 0 Å². The van der Waals surface area contributed by atoms with Crippen LogP contribution in [0.15, 0.2) is 24.3 Å². The normalized spacial score (nSPS) is 25.0. The monoisotopic (exact) mass is 332 g/mol. The van der Waals surface area contributed by atoms with E-state index in [1.165, 1.54) is 12.8 Å². The van der Waals surface area contributed by atoms with E-state index in [-0.39, 0.29) is 12.5 Å². The molecule has 2 saturated heterocycles. The molecule has 1 aromatic carbocycles. The number of amides is 1. The lowest BCUT2D eigenvalue weighted by Crippen LogP contribution is -2.56. The molecule has 1 atom stereocenters. The van der Waals surface area contributed by atoms with Crippen molar-refractivity contribution in [3.05, 3.63) is 29.8 Å². The summed E-state index contributed by atoms with van der Waals surface area (Å²) in [7, 11) is 0. The lowest BCUT2D eigenvalue weighted by molar-refractivity contribution is -0.141. The molecule has 1 aromatic rings. The zero-order valence-corrected chi connectivity index (χ0v) is 14.5. The van der Waals surface area contributed by atoms with Gasteiger partial charge in [0.2, 0.25) is 0 Å². The number of hydrogen-bond donors (Lipinski definition) is 1. The van der Waals surface area contributed by atoms with Crippen LogP contribution in [0.25, 0.3) is 0 Å². The maximum absolute atomic E-state index is 12.5. The molecule has 0 aliphatic carbocycles. The standard InChI is InChI=1S/C19H28N2O3/c1-16-6-4-7-17(12-16)24-13-18(22)21-11-5-8-19(23,15-21)14-20-9-2-3-10-20/h4,6-7,12,23H,2-3,5,8-11,13-15H2,1H3. The lowest BCUT2D eigenvalue weighted by atomic mass is 9.92. The number of aryl methyl sites for hydroxylation is 1. The Kier molecular flexibility index (Phi) is 5.41. The first-order valence-electron chi connectivity index (χ1n) is 8.96.